The lowest BCUT2D eigenvalue weighted by Gasteiger charge is -2.26. The minimum atomic E-state index is -2.95. The number of rotatable bonds is 3. The first-order valence-electron chi connectivity index (χ1n) is 5.71. The molecule has 1 heterocycles. The Morgan fingerprint density at radius 2 is 2.00 bits per heavy atom. The molecule has 0 radical (unpaired) electrons. The molecule has 1 atom stereocenters. The average molecular weight is 263 g/mol. The molecule has 17 heavy (non-hydrogen) atoms. The van der Waals surface area contributed by atoms with Gasteiger partial charge >= 0.3 is 0 Å². The molecule has 1 unspecified atom stereocenters. The number of hydrogen-bond acceptors (Lipinski definition) is 4. The first-order chi connectivity index (χ1) is 7.61. The van der Waals surface area contributed by atoms with Crippen LogP contribution in [0.4, 0.5) is 0 Å². The molecular formula is C11H21NO4S. The molecule has 1 aliphatic heterocycles. The van der Waals surface area contributed by atoms with Crippen LogP contribution in [0, 0.1) is 0 Å². The predicted octanol–water partition coefficient (Wildman–Crippen LogP) is 0.447. The van der Waals surface area contributed by atoms with E-state index < -0.39 is 9.84 Å². The second-order valence-corrected chi connectivity index (χ2v) is 7.69. The highest BCUT2D eigenvalue weighted by atomic mass is 32.2. The summed E-state index contributed by atoms with van der Waals surface area (Å²) in [5.41, 5.74) is -0.363. The Labute approximate surface area is 103 Å². The van der Waals surface area contributed by atoms with Gasteiger partial charge < -0.3 is 9.64 Å². The lowest BCUT2D eigenvalue weighted by Crippen LogP contribution is -2.41. The predicted molar refractivity (Wildman–Crippen MR) is 65.5 cm³/mol. The number of amides is 1. The van der Waals surface area contributed by atoms with Crippen molar-refractivity contribution in [2.24, 2.45) is 0 Å². The van der Waals surface area contributed by atoms with E-state index in [1.54, 1.807) is 7.05 Å². The van der Waals surface area contributed by atoms with Crippen molar-refractivity contribution < 1.29 is 17.9 Å². The zero-order chi connectivity index (χ0) is 13.3. The standard InChI is InChI=1S/C11H21NO4S/c1-11(2,3)16-7-10(13)12(4)9-5-6-17(14,15)8-9/h9H,5-8H2,1-4H3. The monoisotopic (exact) mass is 263 g/mol. The Morgan fingerprint density at radius 3 is 2.41 bits per heavy atom. The number of nitrogens with zero attached hydrogens (tertiary/aromatic N) is 1. The summed E-state index contributed by atoms with van der Waals surface area (Å²) in [5.74, 6) is 0.0854. The molecule has 1 fully saturated rings. The first kappa shape index (κ1) is 14.4. The number of carbonyl (C=O) groups excluding carboxylic acids is 1. The van der Waals surface area contributed by atoms with E-state index >= 15 is 0 Å². The van der Waals surface area contributed by atoms with Crippen LogP contribution in [0.25, 0.3) is 0 Å². The van der Waals surface area contributed by atoms with Gasteiger partial charge in [0.1, 0.15) is 6.61 Å². The molecule has 0 saturated carbocycles. The molecule has 6 heteroatoms. The molecule has 100 valence electrons. The van der Waals surface area contributed by atoms with Gasteiger partial charge in [-0.05, 0) is 27.2 Å². The van der Waals surface area contributed by atoms with Crippen molar-refractivity contribution in [1.82, 2.24) is 4.90 Å². The van der Waals surface area contributed by atoms with Crippen LogP contribution in [0.1, 0.15) is 27.2 Å². The molecular weight excluding hydrogens is 242 g/mol. The number of ether oxygens (including phenoxy) is 1. The van der Waals surface area contributed by atoms with Gasteiger partial charge in [0, 0.05) is 13.1 Å². The fourth-order valence-electron chi connectivity index (χ4n) is 1.66. The summed E-state index contributed by atoms with van der Waals surface area (Å²) in [5, 5.41) is 0. The van der Waals surface area contributed by atoms with E-state index in [9.17, 15) is 13.2 Å². The zero-order valence-corrected chi connectivity index (χ0v) is 11.7. The van der Waals surface area contributed by atoms with Gasteiger partial charge in [-0.1, -0.05) is 0 Å². The summed E-state index contributed by atoms with van der Waals surface area (Å²) in [6.45, 7) is 5.62. The van der Waals surface area contributed by atoms with Crippen molar-refractivity contribution in [3.63, 3.8) is 0 Å². The maximum absolute atomic E-state index is 11.8. The van der Waals surface area contributed by atoms with Crippen molar-refractivity contribution in [2.75, 3.05) is 25.2 Å². The molecule has 1 rings (SSSR count). The zero-order valence-electron chi connectivity index (χ0n) is 10.9. The smallest absolute Gasteiger partial charge is 0.248 e. The largest absolute Gasteiger partial charge is 0.366 e. The Morgan fingerprint density at radius 1 is 1.41 bits per heavy atom. The molecule has 1 saturated heterocycles. The van der Waals surface area contributed by atoms with Crippen LogP contribution in [0.15, 0.2) is 0 Å². The Balaban J connectivity index is 2.48. The second kappa shape index (κ2) is 4.94. The molecule has 5 nitrogen and oxygen atoms in total. The number of carbonyl (C=O) groups is 1. The molecule has 0 bridgehead atoms. The second-order valence-electron chi connectivity index (χ2n) is 5.46. The number of hydrogen-bond donors (Lipinski definition) is 0. The van der Waals surface area contributed by atoms with Gasteiger partial charge in [-0.3, -0.25) is 4.79 Å². The van der Waals surface area contributed by atoms with Crippen molar-refractivity contribution >= 4 is 15.7 Å². The number of sulfone groups is 1. The van der Waals surface area contributed by atoms with Crippen LogP contribution in [0.3, 0.4) is 0 Å². The molecule has 1 amide bonds. The summed E-state index contributed by atoms with van der Waals surface area (Å²) in [4.78, 5) is 13.3. The molecule has 0 aromatic heterocycles. The Kier molecular flexibility index (Phi) is 4.19. The fraction of sp³-hybridized carbons (Fsp3) is 0.909. The Bertz CT molecular complexity index is 383. The first-order valence-corrected chi connectivity index (χ1v) is 7.53. The normalized spacial score (nSPS) is 23.6. The molecule has 0 aromatic carbocycles. The highest BCUT2D eigenvalue weighted by Crippen LogP contribution is 2.17. The lowest BCUT2D eigenvalue weighted by atomic mass is 10.2. The van der Waals surface area contributed by atoms with E-state index in [0.717, 1.165) is 0 Å². The fourth-order valence-corrected chi connectivity index (χ4v) is 3.44. The van der Waals surface area contributed by atoms with Crippen LogP contribution in [-0.4, -0.2) is 56.0 Å². The summed E-state index contributed by atoms with van der Waals surface area (Å²) in [6, 6.07) is -0.198. The van der Waals surface area contributed by atoms with E-state index in [2.05, 4.69) is 0 Å². The molecule has 0 N–H and O–H groups in total. The Hall–Kier alpha value is -0.620. The summed E-state index contributed by atoms with van der Waals surface area (Å²) >= 11 is 0. The minimum Gasteiger partial charge on any atom is -0.366 e. The topological polar surface area (TPSA) is 63.7 Å². The van der Waals surface area contributed by atoms with Gasteiger partial charge in [-0.2, -0.15) is 0 Å². The van der Waals surface area contributed by atoms with E-state index in [-0.39, 0.29) is 35.7 Å². The van der Waals surface area contributed by atoms with Crippen LogP contribution in [0.5, 0.6) is 0 Å². The van der Waals surface area contributed by atoms with Gasteiger partial charge in [0.2, 0.25) is 5.91 Å². The third-order valence-corrected chi connectivity index (χ3v) is 4.53. The van der Waals surface area contributed by atoms with E-state index in [1.165, 1.54) is 4.90 Å². The highest BCUT2D eigenvalue weighted by Gasteiger charge is 2.32. The van der Waals surface area contributed by atoms with Crippen molar-refractivity contribution in [3.05, 3.63) is 0 Å². The van der Waals surface area contributed by atoms with Crippen LogP contribution in [0.2, 0.25) is 0 Å². The summed E-state index contributed by atoms with van der Waals surface area (Å²) in [7, 11) is -1.31. The average Bonchev–Trinajstić information content (AvgIpc) is 2.53. The quantitative estimate of drug-likeness (QED) is 0.741. The molecule has 0 aromatic rings. The highest BCUT2D eigenvalue weighted by molar-refractivity contribution is 7.91. The van der Waals surface area contributed by atoms with Crippen LogP contribution in [-0.2, 0) is 19.4 Å². The third kappa shape index (κ3) is 4.63. The van der Waals surface area contributed by atoms with E-state index in [1.807, 2.05) is 20.8 Å². The van der Waals surface area contributed by atoms with Gasteiger partial charge in [0.15, 0.2) is 9.84 Å². The third-order valence-electron chi connectivity index (χ3n) is 2.78. The van der Waals surface area contributed by atoms with Crippen LogP contribution < -0.4 is 0 Å². The molecule has 0 aliphatic carbocycles. The number of likely N-dealkylation sites (N-methyl/N-ethyl adjacent to an activating group) is 1. The summed E-state index contributed by atoms with van der Waals surface area (Å²) < 4.78 is 28.0. The van der Waals surface area contributed by atoms with Gasteiger partial charge in [0.05, 0.1) is 17.1 Å². The van der Waals surface area contributed by atoms with Crippen molar-refractivity contribution in [1.29, 1.82) is 0 Å². The van der Waals surface area contributed by atoms with Gasteiger partial charge in [-0.15, -0.1) is 0 Å². The van der Waals surface area contributed by atoms with E-state index in [0.29, 0.717) is 6.42 Å². The van der Waals surface area contributed by atoms with Crippen molar-refractivity contribution in [3.8, 4) is 0 Å². The van der Waals surface area contributed by atoms with Gasteiger partial charge in [0.25, 0.3) is 0 Å². The molecule has 0 spiro atoms. The van der Waals surface area contributed by atoms with Gasteiger partial charge in [-0.25, -0.2) is 8.42 Å². The minimum absolute atomic E-state index is 0.00342. The summed E-state index contributed by atoms with van der Waals surface area (Å²) in [6.07, 6.45) is 0.528. The lowest BCUT2D eigenvalue weighted by molar-refractivity contribution is -0.141. The maximum Gasteiger partial charge on any atom is 0.248 e. The molecule has 1 aliphatic rings. The SMILES string of the molecule is CN(C(=O)COC(C)(C)C)C1CCS(=O)(=O)C1. The van der Waals surface area contributed by atoms with Crippen molar-refractivity contribution in [2.45, 2.75) is 38.8 Å². The van der Waals surface area contributed by atoms with E-state index in [4.69, 9.17) is 4.74 Å². The maximum atomic E-state index is 11.8. The van der Waals surface area contributed by atoms with Crippen LogP contribution >= 0.6 is 0 Å².